The molecule has 1 heterocycles. The fraction of sp³-hybridized carbons (Fsp3) is 0.545. The van der Waals surface area contributed by atoms with E-state index in [1.165, 1.54) is 38.7 Å². The average molecular weight is 654 g/mol. The molecule has 0 amide bonds. The summed E-state index contributed by atoms with van der Waals surface area (Å²) in [7, 11) is 0.746. The van der Waals surface area contributed by atoms with Crippen LogP contribution < -0.4 is 5.14 Å². The Morgan fingerprint density at radius 2 is 1.77 bits per heavy atom. The van der Waals surface area contributed by atoms with Crippen molar-refractivity contribution < 1.29 is 28.2 Å². The quantitative estimate of drug-likeness (QED) is 0.236. The summed E-state index contributed by atoms with van der Waals surface area (Å²) in [5.74, 6) is -0.647. The number of ether oxygens (including phenoxy) is 1. The van der Waals surface area contributed by atoms with E-state index < -0.39 is 21.4 Å². The lowest BCUT2D eigenvalue weighted by molar-refractivity contribution is -0.143. The van der Waals surface area contributed by atoms with Crippen molar-refractivity contribution in [2.45, 2.75) is 46.6 Å². The van der Waals surface area contributed by atoms with Gasteiger partial charge in [-0.2, -0.15) is 0 Å². The summed E-state index contributed by atoms with van der Waals surface area (Å²) in [6.07, 6.45) is 21.2. The van der Waals surface area contributed by atoms with Gasteiger partial charge in [-0.05, 0) is 91.2 Å². The highest BCUT2D eigenvalue weighted by molar-refractivity contribution is 8.17. The number of hydrogen-bond acceptors (Lipinski definition) is 8. The number of aliphatic hydroxyl groups is 1. The Balaban J connectivity index is 0.000000663. The lowest BCUT2D eigenvalue weighted by atomic mass is 10.0. The third-order valence-corrected chi connectivity index (χ3v) is 9.59. The lowest BCUT2D eigenvalue weighted by Gasteiger charge is -2.13. The molecule has 1 aliphatic carbocycles. The topological polar surface area (TPSA) is 133 Å². The van der Waals surface area contributed by atoms with Crippen LogP contribution in [0.2, 0.25) is 0 Å². The van der Waals surface area contributed by atoms with Gasteiger partial charge in [-0.25, -0.2) is 13.6 Å². The second-order valence-electron chi connectivity index (χ2n) is 10.8. The van der Waals surface area contributed by atoms with E-state index in [0.29, 0.717) is 13.0 Å². The molecule has 0 spiro atoms. The molecule has 0 bridgehead atoms. The molecule has 3 atom stereocenters. The van der Waals surface area contributed by atoms with Crippen LogP contribution >= 0.6 is 11.8 Å². The summed E-state index contributed by atoms with van der Waals surface area (Å²) >= 11 is 1.07. The van der Waals surface area contributed by atoms with Gasteiger partial charge in [0.2, 0.25) is 10.0 Å². The van der Waals surface area contributed by atoms with E-state index in [2.05, 4.69) is 30.5 Å². The first kappa shape index (κ1) is 41.8. The molecule has 0 aromatic carbocycles. The number of aliphatic carboxylic acids is 1. The molecular formula is C33H55N3O6S2. The van der Waals surface area contributed by atoms with Crippen molar-refractivity contribution in [1.82, 2.24) is 9.80 Å². The van der Waals surface area contributed by atoms with E-state index in [1.54, 1.807) is 43.6 Å². The molecule has 2 rings (SSSR count). The number of carbonyl (C=O) groups is 1. The molecule has 1 aliphatic heterocycles. The van der Waals surface area contributed by atoms with Crippen molar-refractivity contribution in [1.29, 1.82) is 0 Å². The molecule has 0 aromatic heterocycles. The third-order valence-electron chi connectivity index (χ3n) is 7.16. The number of likely N-dealkylation sites (N-methyl/N-ethyl adjacent to an activating group) is 2. The zero-order valence-electron chi connectivity index (χ0n) is 27.6. The molecule has 44 heavy (non-hydrogen) atoms. The van der Waals surface area contributed by atoms with Crippen molar-refractivity contribution in [2.24, 2.45) is 16.5 Å². The van der Waals surface area contributed by atoms with Crippen LogP contribution in [0.5, 0.6) is 0 Å². The van der Waals surface area contributed by atoms with Gasteiger partial charge >= 0.3 is 5.97 Å². The van der Waals surface area contributed by atoms with Crippen molar-refractivity contribution in [3.8, 4) is 0 Å². The van der Waals surface area contributed by atoms with Crippen LogP contribution in [0.3, 0.4) is 0 Å². The van der Waals surface area contributed by atoms with Crippen LogP contribution in [-0.2, 0) is 19.6 Å². The summed E-state index contributed by atoms with van der Waals surface area (Å²) < 4.78 is 27.6. The molecule has 3 unspecified atom stereocenters. The number of hydrogen-bond donors (Lipinski definition) is 3. The summed E-state index contributed by atoms with van der Waals surface area (Å²) in [6.45, 7) is 17.0. The highest BCUT2D eigenvalue weighted by atomic mass is 32.3. The summed E-state index contributed by atoms with van der Waals surface area (Å²) in [5.41, 5.74) is 1.24. The molecule has 11 heteroatoms. The standard InChI is InChI=1S/C15H22O3.C11H17NO3S2.C7H16N2/c1-5-12(9-7-8-11(3)18-6-2)13-10-15(13,4)14(16)17;1-3-10(7-5-9-13)6-4-8-11(16-2)17(12,14)15;1-8-4-3-5-9(2)7-6-8/h5,7-9,11,13H,1,6,10H2,2-4H3,(H,16,17);3-8,13H,9H2,1-2H3,(H2,12,14,15);3-7H2,1-2H3/b8-7-,12-9+;6-4+,7-5-,10-3-,11-8+;. The predicted octanol–water partition coefficient (Wildman–Crippen LogP) is 4.97. The number of nitrogens with two attached hydrogens (primary N) is 1. The zero-order valence-corrected chi connectivity index (χ0v) is 29.2. The first-order valence-corrected chi connectivity index (χ1v) is 17.6. The van der Waals surface area contributed by atoms with Crippen LogP contribution in [0.1, 0.15) is 40.5 Å². The summed E-state index contributed by atoms with van der Waals surface area (Å²) in [4.78, 5) is 15.9. The first-order chi connectivity index (χ1) is 20.7. The first-order valence-electron chi connectivity index (χ1n) is 14.8. The Morgan fingerprint density at radius 3 is 2.20 bits per heavy atom. The minimum atomic E-state index is -3.64. The molecule has 250 valence electrons. The minimum absolute atomic E-state index is 0.0335. The Labute approximate surface area is 270 Å². The highest BCUT2D eigenvalue weighted by Crippen LogP contribution is 2.56. The number of carboxylic acids is 1. The Bertz CT molecular complexity index is 1160. The van der Waals surface area contributed by atoms with Gasteiger partial charge in [0.25, 0.3) is 0 Å². The van der Waals surface area contributed by atoms with Gasteiger partial charge < -0.3 is 24.7 Å². The summed E-state index contributed by atoms with van der Waals surface area (Å²) in [6, 6.07) is 0. The number of primary sulfonamides is 1. The minimum Gasteiger partial charge on any atom is -0.481 e. The van der Waals surface area contributed by atoms with Crippen LogP contribution in [-0.4, -0.2) is 100 Å². The fourth-order valence-electron chi connectivity index (χ4n) is 4.18. The molecular weight excluding hydrogens is 599 g/mol. The van der Waals surface area contributed by atoms with Gasteiger partial charge in [0.1, 0.15) is 4.24 Å². The monoisotopic (exact) mass is 653 g/mol. The average Bonchev–Trinajstić information content (AvgIpc) is 3.70. The second-order valence-corrected chi connectivity index (χ2v) is 13.5. The molecule has 2 fully saturated rings. The van der Waals surface area contributed by atoms with E-state index in [1.807, 2.05) is 45.1 Å². The van der Waals surface area contributed by atoms with Crippen LogP contribution in [0.25, 0.3) is 0 Å². The van der Waals surface area contributed by atoms with Crippen LogP contribution in [0.4, 0.5) is 0 Å². The zero-order chi connectivity index (χ0) is 33.8. The maximum atomic E-state index is 11.1. The number of allylic oxidation sites excluding steroid dienone is 10. The Morgan fingerprint density at radius 1 is 1.16 bits per heavy atom. The van der Waals surface area contributed by atoms with Crippen molar-refractivity contribution >= 4 is 27.8 Å². The molecule has 0 radical (unpaired) electrons. The van der Waals surface area contributed by atoms with Gasteiger partial charge in [0.05, 0.1) is 18.1 Å². The fourth-order valence-corrected chi connectivity index (χ4v) is 5.60. The Kier molecular flexibility index (Phi) is 21.1. The van der Waals surface area contributed by atoms with Gasteiger partial charge in [0.15, 0.2) is 0 Å². The highest BCUT2D eigenvalue weighted by Gasteiger charge is 2.57. The lowest BCUT2D eigenvalue weighted by Crippen LogP contribution is -2.25. The number of rotatable bonds is 13. The third kappa shape index (κ3) is 17.3. The van der Waals surface area contributed by atoms with E-state index in [0.717, 1.165) is 22.9 Å². The number of carboxylic acid groups (broad SMARTS) is 1. The van der Waals surface area contributed by atoms with Gasteiger partial charge in [0, 0.05) is 25.6 Å². The summed E-state index contributed by atoms with van der Waals surface area (Å²) in [5, 5.41) is 22.7. The number of sulfonamides is 1. The maximum absolute atomic E-state index is 11.1. The van der Waals surface area contributed by atoms with Gasteiger partial charge in [-0.3, -0.25) is 4.79 Å². The largest absolute Gasteiger partial charge is 0.481 e. The molecule has 1 saturated carbocycles. The normalized spacial score (nSPS) is 23.1. The molecule has 9 nitrogen and oxygen atoms in total. The van der Waals surface area contributed by atoms with E-state index in [4.69, 9.17) is 20.1 Å². The maximum Gasteiger partial charge on any atom is 0.309 e. The number of thioether (sulfide) groups is 1. The number of nitrogens with zero attached hydrogens (tertiary/aromatic N) is 2. The van der Waals surface area contributed by atoms with Crippen molar-refractivity contribution in [2.75, 3.05) is 59.7 Å². The van der Waals surface area contributed by atoms with E-state index in [-0.39, 0.29) is 22.9 Å². The molecule has 0 aromatic rings. The molecule has 2 aliphatic rings. The van der Waals surface area contributed by atoms with E-state index in [9.17, 15) is 13.2 Å². The van der Waals surface area contributed by atoms with Gasteiger partial charge in [-0.1, -0.05) is 61.3 Å². The SMILES string of the molecule is C/C=C(\C=C/CO)/C=C/C=C(\SC)S(N)(=O)=O.C=C/C(=C\C=C/C(C)OCC)C1CC1(C)C(=O)O.CN1CCCN(C)CC1. The van der Waals surface area contributed by atoms with Crippen LogP contribution in [0.15, 0.2) is 82.7 Å². The second kappa shape index (κ2) is 22.3. The molecule has 4 N–H and O–H groups in total. The van der Waals surface area contributed by atoms with Crippen molar-refractivity contribution in [3.05, 3.63) is 82.7 Å². The smallest absolute Gasteiger partial charge is 0.309 e. The molecule has 1 saturated heterocycles. The van der Waals surface area contributed by atoms with Crippen molar-refractivity contribution in [3.63, 3.8) is 0 Å². The van der Waals surface area contributed by atoms with Crippen LogP contribution in [0, 0.1) is 11.3 Å². The number of aliphatic hydroxyl groups excluding tert-OH is 1. The predicted molar refractivity (Wildman–Crippen MR) is 186 cm³/mol. The van der Waals surface area contributed by atoms with Gasteiger partial charge in [-0.15, -0.1) is 11.8 Å². The Hall–Kier alpha value is -2.25. The van der Waals surface area contributed by atoms with E-state index >= 15 is 0 Å².